The number of hydrogen-bond acceptors (Lipinski definition) is 4. The molecule has 1 atom stereocenters. The molecular formula is C12H17ClN4O. The van der Waals surface area contributed by atoms with Gasteiger partial charge in [0.25, 0.3) is 0 Å². The number of nitrogens with one attached hydrogen (secondary N) is 2. The summed E-state index contributed by atoms with van der Waals surface area (Å²) in [6, 6.07) is 3.91. The summed E-state index contributed by atoms with van der Waals surface area (Å²) in [7, 11) is 1.96. The zero-order valence-corrected chi connectivity index (χ0v) is 11.1. The van der Waals surface area contributed by atoms with E-state index < -0.39 is 0 Å². The molecule has 98 valence electrons. The first-order valence-electron chi connectivity index (χ1n) is 5.98. The summed E-state index contributed by atoms with van der Waals surface area (Å²) in [4.78, 5) is 17.8. The maximum absolute atomic E-state index is 11.9. The number of nitrogens with zero attached hydrogens (tertiary/aromatic N) is 2. The van der Waals surface area contributed by atoms with Crippen molar-refractivity contribution in [2.45, 2.75) is 12.5 Å². The van der Waals surface area contributed by atoms with Crippen LogP contribution in [0.1, 0.15) is 6.42 Å². The van der Waals surface area contributed by atoms with Gasteiger partial charge in [0.1, 0.15) is 0 Å². The normalized spacial score (nSPS) is 19.2. The molecule has 2 N–H and O–H groups in total. The van der Waals surface area contributed by atoms with Crippen LogP contribution in [-0.2, 0) is 4.79 Å². The summed E-state index contributed by atoms with van der Waals surface area (Å²) in [6.07, 6.45) is 2.67. The van der Waals surface area contributed by atoms with Gasteiger partial charge in [-0.15, -0.1) is 0 Å². The fourth-order valence-corrected chi connectivity index (χ4v) is 2.21. The van der Waals surface area contributed by atoms with E-state index in [9.17, 15) is 4.79 Å². The molecule has 1 fully saturated rings. The third-order valence-corrected chi connectivity index (χ3v) is 3.39. The van der Waals surface area contributed by atoms with Crippen molar-refractivity contribution < 1.29 is 4.79 Å². The number of rotatable bonds is 4. The highest BCUT2D eigenvalue weighted by Gasteiger charge is 2.21. The maximum atomic E-state index is 11.9. The largest absolute Gasteiger partial charge is 0.322 e. The third kappa shape index (κ3) is 3.41. The molecule has 1 amide bonds. The standard InChI is InChI=1S/C12H17ClN4O/c1-17(9-4-6-14-7-9)8-11(18)16-10-3-2-5-15-12(10)13/h2-3,5,9,14H,4,6-8H2,1H3,(H,16,18). The zero-order valence-electron chi connectivity index (χ0n) is 10.3. The average Bonchev–Trinajstić information content (AvgIpc) is 2.85. The van der Waals surface area contributed by atoms with Gasteiger partial charge < -0.3 is 10.6 Å². The van der Waals surface area contributed by atoms with E-state index in [2.05, 4.69) is 20.5 Å². The van der Waals surface area contributed by atoms with Crippen LogP contribution in [0.15, 0.2) is 18.3 Å². The Kier molecular flexibility index (Phi) is 4.52. The first-order chi connectivity index (χ1) is 8.66. The molecule has 0 radical (unpaired) electrons. The third-order valence-electron chi connectivity index (χ3n) is 3.08. The Hall–Kier alpha value is -1.17. The van der Waals surface area contributed by atoms with Crippen LogP contribution in [0.3, 0.4) is 0 Å². The van der Waals surface area contributed by atoms with E-state index in [0.717, 1.165) is 19.5 Å². The molecule has 1 unspecified atom stereocenters. The minimum absolute atomic E-state index is 0.0701. The second kappa shape index (κ2) is 6.13. The molecule has 0 spiro atoms. The molecule has 0 aliphatic carbocycles. The Morgan fingerprint density at radius 2 is 2.56 bits per heavy atom. The molecule has 2 heterocycles. The fourth-order valence-electron chi connectivity index (χ4n) is 2.04. The molecule has 0 saturated carbocycles. The number of carbonyl (C=O) groups excluding carboxylic acids is 1. The highest BCUT2D eigenvalue weighted by molar-refractivity contribution is 6.32. The highest BCUT2D eigenvalue weighted by Crippen LogP contribution is 2.17. The lowest BCUT2D eigenvalue weighted by atomic mass is 10.2. The van der Waals surface area contributed by atoms with Gasteiger partial charge in [0, 0.05) is 18.8 Å². The molecule has 1 saturated heterocycles. The number of pyridine rings is 1. The molecule has 6 heteroatoms. The van der Waals surface area contributed by atoms with Crippen LogP contribution in [0.5, 0.6) is 0 Å². The Morgan fingerprint density at radius 3 is 3.22 bits per heavy atom. The smallest absolute Gasteiger partial charge is 0.238 e. The van der Waals surface area contributed by atoms with Crippen LogP contribution in [0.4, 0.5) is 5.69 Å². The Labute approximate surface area is 112 Å². The predicted molar refractivity (Wildman–Crippen MR) is 71.8 cm³/mol. The predicted octanol–water partition coefficient (Wildman–Crippen LogP) is 0.967. The monoisotopic (exact) mass is 268 g/mol. The molecule has 1 aromatic rings. The molecule has 0 aromatic carbocycles. The van der Waals surface area contributed by atoms with Gasteiger partial charge in [-0.05, 0) is 32.1 Å². The lowest BCUT2D eigenvalue weighted by Crippen LogP contribution is -2.39. The van der Waals surface area contributed by atoms with Gasteiger partial charge in [-0.3, -0.25) is 9.69 Å². The number of halogens is 1. The molecule has 5 nitrogen and oxygen atoms in total. The van der Waals surface area contributed by atoms with Crippen molar-refractivity contribution in [1.29, 1.82) is 0 Å². The Balaban J connectivity index is 1.86. The molecule has 1 aliphatic rings. The number of aromatic nitrogens is 1. The van der Waals surface area contributed by atoms with Crippen molar-refractivity contribution in [3.63, 3.8) is 0 Å². The molecule has 18 heavy (non-hydrogen) atoms. The maximum Gasteiger partial charge on any atom is 0.238 e. The molecule has 0 bridgehead atoms. The molecule has 1 aromatic heterocycles. The minimum atomic E-state index is -0.0701. The zero-order chi connectivity index (χ0) is 13.0. The van der Waals surface area contributed by atoms with Gasteiger partial charge in [0.2, 0.25) is 5.91 Å². The van der Waals surface area contributed by atoms with Crippen LogP contribution in [0, 0.1) is 0 Å². The first kappa shape index (κ1) is 13.3. The highest BCUT2D eigenvalue weighted by atomic mass is 35.5. The van der Waals surface area contributed by atoms with Crippen molar-refractivity contribution in [1.82, 2.24) is 15.2 Å². The van der Waals surface area contributed by atoms with Crippen LogP contribution in [0.25, 0.3) is 0 Å². The Morgan fingerprint density at radius 1 is 1.72 bits per heavy atom. The van der Waals surface area contributed by atoms with Gasteiger partial charge in [-0.2, -0.15) is 0 Å². The summed E-state index contributed by atoms with van der Waals surface area (Å²) in [6.45, 7) is 2.32. The number of anilines is 1. The van der Waals surface area contributed by atoms with E-state index in [1.807, 2.05) is 7.05 Å². The first-order valence-corrected chi connectivity index (χ1v) is 6.36. The second-order valence-corrected chi connectivity index (χ2v) is 4.81. The van der Waals surface area contributed by atoms with Crippen molar-refractivity contribution >= 4 is 23.2 Å². The van der Waals surface area contributed by atoms with Gasteiger partial charge in [-0.25, -0.2) is 4.98 Å². The van der Waals surface area contributed by atoms with E-state index in [4.69, 9.17) is 11.6 Å². The lowest BCUT2D eigenvalue weighted by molar-refractivity contribution is -0.117. The van der Waals surface area contributed by atoms with Gasteiger partial charge in [-0.1, -0.05) is 11.6 Å². The van der Waals surface area contributed by atoms with Crippen molar-refractivity contribution in [3.05, 3.63) is 23.5 Å². The van der Waals surface area contributed by atoms with E-state index in [1.54, 1.807) is 18.3 Å². The summed E-state index contributed by atoms with van der Waals surface area (Å²) >= 11 is 5.88. The summed E-state index contributed by atoms with van der Waals surface area (Å²) in [5, 5.41) is 6.37. The Bertz CT molecular complexity index is 420. The van der Waals surface area contributed by atoms with E-state index in [0.29, 0.717) is 23.4 Å². The number of amides is 1. The lowest BCUT2D eigenvalue weighted by Gasteiger charge is -2.22. The average molecular weight is 269 g/mol. The van der Waals surface area contributed by atoms with E-state index in [-0.39, 0.29) is 5.91 Å². The van der Waals surface area contributed by atoms with Gasteiger partial charge in [0.15, 0.2) is 5.15 Å². The van der Waals surface area contributed by atoms with Crippen LogP contribution < -0.4 is 10.6 Å². The minimum Gasteiger partial charge on any atom is -0.322 e. The number of carbonyl (C=O) groups is 1. The van der Waals surface area contributed by atoms with Crippen LogP contribution in [0.2, 0.25) is 5.15 Å². The van der Waals surface area contributed by atoms with E-state index in [1.165, 1.54) is 0 Å². The van der Waals surface area contributed by atoms with E-state index >= 15 is 0 Å². The topological polar surface area (TPSA) is 57.3 Å². The molecule has 2 rings (SSSR count). The summed E-state index contributed by atoms with van der Waals surface area (Å²) < 4.78 is 0. The second-order valence-electron chi connectivity index (χ2n) is 4.45. The quantitative estimate of drug-likeness (QED) is 0.799. The summed E-state index contributed by atoms with van der Waals surface area (Å²) in [5.41, 5.74) is 0.558. The van der Waals surface area contributed by atoms with Gasteiger partial charge in [0.05, 0.1) is 12.2 Å². The van der Waals surface area contributed by atoms with Gasteiger partial charge >= 0.3 is 0 Å². The van der Waals surface area contributed by atoms with Crippen LogP contribution >= 0.6 is 11.6 Å². The SMILES string of the molecule is CN(CC(=O)Nc1cccnc1Cl)C1CCNC1. The summed E-state index contributed by atoms with van der Waals surface area (Å²) in [5.74, 6) is -0.0701. The fraction of sp³-hybridized carbons (Fsp3) is 0.500. The van der Waals surface area contributed by atoms with Crippen molar-refractivity contribution in [2.24, 2.45) is 0 Å². The number of likely N-dealkylation sites (N-methyl/N-ethyl adjacent to an activating group) is 1. The van der Waals surface area contributed by atoms with Crippen LogP contribution in [-0.4, -0.2) is 48.5 Å². The van der Waals surface area contributed by atoms with Crippen molar-refractivity contribution in [2.75, 3.05) is 32.0 Å². The molecular weight excluding hydrogens is 252 g/mol. The molecule has 1 aliphatic heterocycles. The number of hydrogen-bond donors (Lipinski definition) is 2. The van der Waals surface area contributed by atoms with Crippen molar-refractivity contribution in [3.8, 4) is 0 Å².